The zero-order chi connectivity index (χ0) is 14.2. The van der Waals surface area contributed by atoms with Gasteiger partial charge in [0, 0.05) is 20.1 Å². The van der Waals surface area contributed by atoms with Crippen molar-refractivity contribution >= 4 is 10.0 Å². The van der Waals surface area contributed by atoms with Crippen molar-refractivity contribution in [1.82, 2.24) is 14.1 Å². The number of aryl methyl sites for hydroxylation is 1. The number of nitrogens with two attached hydrogens (primary N) is 1. The van der Waals surface area contributed by atoms with Crippen molar-refractivity contribution in [3.05, 3.63) is 11.4 Å². The van der Waals surface area contributed by atoms with Crippen molar-refractivity contribution in [2.45, 2.75) is 38.1 Å². The average molecular weight is 286 g/mol. The van der Waals surface area contributed by atoms with Crippen molar-refractivity contribution in [1.29, 1.82) is 0 Å². The number of hydrogen-bond acceptors (Lipinski definition) is 4. The number of rotatable bonds is 6. The fourth-order valence-corrected chi connectivity index (χ4v) is 3.92. The summed E-state index contributed by atoms with van der Waals surface area (Å²) in [6.07, 6.45) is 2.26. The van der Waals surface area contributed by atoms with Crippen LogP contribution in [-0.2, 0) is 16.6 Å². The smallest absolute Gasteiger partial charge is 0.246 e. The summed E-state index contributed by atoms with van der Waals surface area (Å²) in [6, 6.07) is 0. The Morgan fingerprint density at radius 2 is 2.05 bits per heavy atom. The van der Waals surface area contributed by atoms with Crippen LogP contribution in [-0.4, -0.2) is 42.6 Å². The maximum atomic E-state index is 12.6. The maximum absolute atomic E-state index is 12.6. The molecule has 0 amide bonds. The summed E-state index contributed by atoms with van der Waals surface area (Å²) < 4.78 is 28.3. The van der Waals surface area contributed by atoms with Crippen molar-refractivity contribution in [2.75, 3.05) is 20.1 Å². The van der Waals surface area contributed by atoms with E-state index in [2.05, 4.69) is 5.10 Å². The zero-order valence-electron chi connectivity index (χ0n) is 11.8. The third-order valence-electron chi connectivity index (χ3n) is 3.54. The molecule has 1 aromatic heterocycles. The van der Waals surface area contributed by atoms with Crippen LogP contribution in [0.25, 0.3) is 0 Å². The molecule has 1 heterocycles. The summed E-state index contributed by atoms with van der Waals surface area (Å²) in [7, 11) is -1.80. The lowest BCUT2D eigenvalue weighted by Gasteiger charge is -2.17. The van der Waals surface area contributed by atoms with Crippen LogP contribution in [0, 0.1) is 19.8 Å². The molecule has 0 spiro atoms. The van der Waals surface area contributed by atoms with Gasteiger partial charge in [-0.1, -0.05) is 0 Å². The Kier molecular flexibility index (Phi) is 3.98. The van der Waals surface area contributed by atoms with Crippen molar-refractivity contribution in [3.8, 4) is 0 Å². The van der Waals surface area contributed by atoms with E-state index >= 15 is 0 Å². The van der Waals surface area contributed by atoms with E-state index in [4.69, 9.17) is 5.73 Å². The first-order valence-electron chi connectivity index (χ1n) is 6.58. The predicted octanol–water partition coefficient (Wildman–Crippen LogP) is 0.489. The van der Waals surface area contributed by atoms with E-state index in [0.29, 0.717) is 41.8 Å². The molecule has 19 heavy (non-hydrogen) atoms. The highest BCUT2D eigenvalue weighted by Gasteiger charge is 2.32. The number of aromatic nitrogens is 2. The molecule has 0 aliphatic heterocycles. The van der Waals surface area contributed by atoms with Gasteiger partial charge in [-0.2, -0.15) is 5.10 Å². The van der Waals surface area contributed by atoms with Gasteiger partial charge in [0.15, 0.2) is 0 Å². The molecule has 1 aliphatic rings. The van der Waals surface area contributed by atoms with E-state index in [1.54, 1.807) is 25.6 Å². The molecule has 1 aromatic rings. The van der Waals surface area contributed by atoms with Crippen LogP contribution < -0.4 is 5.73 Å². The Bertz CT molecular complexity index is 561. The van der Waals surface area contributed by atoms with Crippen LogP contribution in [0.1, 0.15) is 24.2 Å². The topological polar surface area (TPSA) is 81.2 Å². The summed E-state index contributed by atoms with van der Waals surface area (Å²) in [5, 5.41) is 4.27. The molecule has 0 saturated heterocycles. The molecule has 1 saturated carbocycles. The van der Waals surface area contributed by atoms with Gasteiger partial charge in [0.25, 0.3) is 0 Å². The maximum Gasteiger partial charge on any atom is 0.246 e. The van der Waals surface area contributed by atoms with Crippen LogP contribution in [0.2, 0.25) is 0 Å². The van der Waals surface area contributed by atoms with Gasteiger partial charge in [-0.3, -0.25) is 4.68 Å². The van der Waals surface area contributed by atoms with Gasteiger partial charge in [0.2, 0.25) is 10.0 Å². The van der Waals surface area contributed by atoms with E-state index in [0.717, 1.165) is 12.8 Å². The number of nitrogens with zero attached hydrogens (tertiary/aromatic N) is 3. The molecular formula is C12H22N4O2S. The minimum atomic E-state index is -3.44. The van der Waals surface area contributed by atoms with E-state index in [9.17, 15) is 8.42 Å². The number of hydrogen-bond donors (Lipinski definition) is 1. The van der Waals surface area contributed by atoms with Crippen molar-refractivity contribution in [2.24, 2.45) is 11.7 Å². The SMILES string of the molecule is Cc1nn(CCN)c(C)c1S(=O)(=O)N(C)CC1CC1. The second kappa shape index (κ2) is 5.22. The standard InChI is InChI=1S/C12H22N4O2S/c1-9-12(10(2)16(14-9)7-6-13)19(17,18)15(3)8-11-4-5-11/h11H,4-8,13H2,1-3H3. The Balaban J connectivity index is 2.33. The quantitative estimate of drug-likeness (QED) is 0.825. The Hall–Kier alpha value is -0.920. The minimum Gasteiger partial charge on any atom is -0.329 e. The fraction of sp³-hybridized carbons (Fsp3) is 0.750. The molecule has 1 fully saturated rings. The summed E-state index contributed by atoms with van der Waals surface area (Å²) in [5.41, 5.74) is 6.73. The molecule has 0 aromatic carbocycles. The minimum absolute atomic E-state index is 0.337. The molecule has 0 atom stereocenters. The van der Waals surface area contributed by atoms with Crippen LogP contribution in [0.4, 0.5) is 0 Å². The van der Waals surface area contributed by atoms with Gasteiger partial charge in [-0.15, -0.1) is 0 Å². The van der Waals surface area contributed by atoms with Crippen LogP contribution in [0.5, 0.6) is 0 Å². The van der Waals surface area contributed by atoms with E-state index in [-0.39, 0.29) is 0 Å². The fourth-order valence-electron chi connectivity index (χ4n) is 2.31. The van der Waals surface area contributed by atoms with Gasteiger partial charge in [-0.25, -0.2) is 12.7 Å². The van der Waals surface area contributed by atoms with Gasteiger partial charge in [0.1, 0.15) is 4.90 Å². The molecule has 2 rings (SSSR count). The molecule has 0 bridgehead atoms. The highest BCUT2D eigenvalue weighted by Crippen LogP contribution is 2.32. The number of sulfonamides is 1. The highest BCUT2D eigenvalue weighted by molar-refractivity contribution is 7.89. The molecule has 2 N–H and O–H groups in total. The third kappa shape index (κ3) is 2.82. The second-order valence-corrected chi connectivity index (χ2v) is 7.22. The monoisotopic (exact) mass is 286 g/mol. The molecule has 7 heteroatoms. The first kappa shape index (κ1) is 14.5. The molecule has 108 valence electrons. The highest BCUT2D eigenvalue weighted by atomic mass is 32.2. The summed E-state index contributed by atoms with van der Waals surface area (Å²) in [6.45, 7) is 5.10. The Labute approximate surface area is 114 Å². The largest absolute Gasteiger partial charge is 0.329 e. The normalized spacial score (nSPS) is 16.3. The molecular weight excluding hydrogens is 264 g/mol. The van der Waals surface area contributed by atoms with Gasteiger partial charge < -0.3 is 5.73 Å². The lowest BCUT2D eigenvalue weighted by molar-refractivity contribution is 0.452. The van der Waals surface area contributed by atoms with E-state index in [1.807, 2.05) is 0 Å². The summed E-state index contributed by atoms with van der Waals surface area (Å²) in [5.74, 6) is 0.527. The van der Waals surface area contributed by atoms with E-state index in [1.165, 1.54) is 4.31 Å². The van der Waals surface area contributed by atoms with Crippen LogP contribution in [0.15, 0.2) is 4.90 Å². The molecule has 0 unspecified atom stereocenters. The summed E-state index contributed by atoms with van der Waals surface area (Å²) >= 11 is 0. The van der Waals surface area contributed by atoms with Crippen molar-refractivity contribution < 1.29 is 8.42 Å². The molecule has 6 nitrogen and oxygen atoms in total. The lowest BCUT2D eigenvalue weighted by atomic mass is 10.4. The second-order valence-electron chi connectivity index (χ2n) is 5.24. The average Bonchev–Trinajstić information content (AvgIpc) is 3.07. The third-order valence-corrected chi connectivity index (χ3v) is 5.61. The first-order chi connectivity index (χ1) is 8.87. The van der Waals surface area contributed by atoms with Gasteiger partial charge in [0.05, 0.1) is 17.9 Å². The molecule has 0 radical (unpaired) electrons. The Morgan fingerprint density at radius 3 is 2.58 bits per heavy atom. The van der Waals surface area contributed by atoms with Crippen molar-refractivity contribution in [3.63, 3.8) is 0 Å². The van der Waals surface area contributed by atoms with Crippen LogP contribution in [0.3, 0.4) is 0 Å². The predicted molar refractivity (Wildman–Crippen MR) is 73.3 cm³/mol. The van der Waals surface area contributed by atoms with E-state index < -0.39 is 10.0 Å². The van der Waals surface area contributed by atoms with Gasteiger partial charge in [-0.05, 0) is 32.6 Å². The molecule has 1 aliphatic carbocycles. The zero-order valence-corrected chi connectivity index (χ0v) is 12.6. The Morgan fingerprint density at radius 1 is 1.42 bits per heavy atom. The lowest BCUT2D eigenvalue weighted by Crippen LogP contribution is -2.29. The van der Waals surface area contributed by atoms with Crippen LogP contribution >= 0.6 is 0 Å². The first-order valence-corrected chi connectivity index (χ1v) is 8.02. The van der Waals surface area contributed by atoms with Gasteiger partial charge >= 0.3 is 0 Å². The summed E-state index contributed by atoms with van der Waals surface area (Å²) in [4.78, 5) is 0.337.